The molecule has 2 N–H and O–H groups in total. The fraction of sp³-hybridized carbons (Fsp3) is 0.471. The molecule has 1 unspecified atom stereocenters. The van der Waals surface area contributed by atoms with Gasteiger partial charge in [-0.2, -0.15) is 0 Å². The zero-order chi connectivity index (χ0) is 17.7. The van der Waals surface area contributed by atoms with Gasteiger partial charge in [0.15, 0.2) is 0 Å². The zero-order valence-electron chi connectivity index (χ0n) is 13.7. The number of carbonyl (C=O) groups excluding carboxylic acids is 3. The molecular weight excluding hydrogens is 313 g/mol. The van der Waals surface area contributed by atoms with Crippen LogP contribution in [0.2, 0.25) is 0 Å². The van der Waals surface area contributed by atoms with Crippen LogP contribution < -0.4 is 10.6 Å². The second kappa shape index (κ2) is 7.90. The van der Waals surface area contributed by atoms with Crippen molar-refractivity contribution in [3.05, 3.63) is 30.1 Å². The van der Waals surface area contributed by atoms with Crippen molar-refractivity contribution in [2.75, 3.05) is 24.5 Å². The number of anilines is 1. The van der Waals surface area contributed by atoms with Gasteiger partial charge in [0.2, 0.25) is 17.7 Å². The lowest BCUT2D eigenvalue weighted by molar-refractivity contribution is -0.142. The first-order chi connectivity index (χ1) is 11.4. The molecule has 1 aliphatic rings. The number of amides is 3. The molecule has 24 heavy (non-hydrogen) atoms. The minimum absolute atomic E-state index is 0.181. The van der Waals surface area contributed by atoms with E-state index in [1.807, 2.05) is 6.92 Å². The van der Waals surface area contributed by atoms with Crippen LogP contribution >= 0.6 is 0 Å². The Morgan fingerprint density at radius 1 is 1.33 bits per heavy atom. The van der Waals surface area contributed by atoms with Crippen LogP contribution in [0.1, 0.15) is 26.2 Å². The Morgan fingerprint density at radius 2 is 2.00 bits per heavy atom. The van der Waals surface area contributed by atoms with E-state index < -0.39 is 11.8 Å². The average molecular weight is 335 g/mol. The van der Waals surface area contributed by atoms with Gasteiger partial charge in [-0.05, 0) is 37.1 Å². The highest BCUT2D eigenvalue weighted by Gasteiger charge is 2.39. The number of primary amides is 1. The van der Waals surface area contributed by atoms with Crippen LogP contribution in [-0.2, 0) is 14.4 Å². The van der Waals surface area contributed by atoms with Crippen molar-refractivity contribution >= 4 is 23.4 Å². The van der Waals surface area contributed by atoms with Crippen LogP contribution in [-0.4, -0.2) is 42.3 Å². The summed E-state index contributed by atoms with van der Waals surface area (Å²) >= 11 is 0. The standard InChI is InChI=1S/C17H22FN3O3/c1-2-3-9-20(11-15(19)22)16(23)14-8-10-21(17(14)24)13-6-4-12(18)5-7-13/h4-7,14H,2-3,8-11H2,1H3,(H2,19,22). The van der Waals surface area contributed by atoms with Gasteiger partial charge in [0.25, 0.3) is 0 Å². The van der Waals surface area contributed by atoms with E-state index in [2.05, 4.69) is 0 Å². The lowest BCUT2D eigenvalue weighted by Gasteiger charge is -2.24. The number of rotatable bonds is 7. The summed E-state index contributed by atoms with van der Waals surface area (Å²) in [5, 5.41) is 0. The molecule has 6 nitrogen and oxygen atoms in total. The molecule has 1 atom stereocenters. The molecule has 1 fully saturated rings. The molecule has 0 saturated carbocycles. The first-order valence-corrected chi connectivity index (χ1v) is 8.08. The third kappa shape index (κ3) is 4.10. The van der Waals surface area contributed by atoms with Crippen LogP contribution in [0.25, 0.3) is 0 Å². The second-order valence-electron chi connectivity index (χ2n) is 5.89. The summed E-state index contributed by atoms with van der Waals surface area (Å²) in [5.41, 5.74) is 5.77. The lowest BCUT2D eigenvalue weighted by Crippen LogP contribution is -2.44. The van der Waals surface area contributed by atoms with Crippen LogP contribution in [0, 0.1) is 11.7 Å². The molecule has 0 radical (unpaired) electrons. The minimum atomic E-state index is -0.814. The van der Waals surface area contributed by atoms with E-state index in [1.54, 1.807) is 0 Å². The van der Waals surface area contributed by atoms with Crippen molar-refractivity contribution in [1.82, 2.24) is 4.90 Å². The summed E-state index contributed by atoms with van der Waals surface area (Å²) in [6.07, 6.45) is 1.97. The van der Waals surface area contributed by atoms with E-state index >= 15 is 0 Å². The minimum Gasteiger partial charge on any atom is -0.368 e. The molecule has 0 spiro atoms. The highest BCUT2D eigenvalue weighted by atomic mass is 19.1. The van der Waals surface area contributed by atoms with Crippen molar-refractivity contribution in [2.24, 2.45) is 11.7 Å². The molecule has 130 valence electrons. The van der Waals surface area contributed by atoms with E-state index in [-0.39, 0.29) is 24.2 Å². The Labute approximate surface area is 140 Å². The number of nitrogens with two attached hydrogens (primary N) is 1. The zero-order valence-corrected chi connectivity index (χ0v) is 13.7. The predicted molar refractivity (Wildman–Crippen MR) is 87.5 cm³/mol. The summed E-state index contributed by atoms with van der Waals surface area (Å²) in [5.74, 6) is -2.48. The third-order valence-corrected chi connectivity index (χ3v) is 4.08. The number of hydrogen-bond acceptors (Lipinski definition) is 3. The highest BCUT2D eigenvalue weighted by Crippen LogP contribution is 2.26. The van der Waals surface area contributed by atoms with Crippen LogP contribution in [0.3, 0.4) is 0 Å². The van der Waals surface area contributed by atoms with Gasteiger partial charge in [-0.3, -0.25) is 14.4 Å². The molecule has 1 aromatic rings. The number of unbranched alkanes of at least 4 members (excludes halogenated alkanes) is 1. The third-order valence-electron chi connectivity index (χ3n) is 4.08. The van der Waals surface area contributed by atoms with Gasteiger partial charge in [0.1, 0.15) is 11.7 Å². The smallest absolute Gasteiger partial charge is 0.239 e. The average Bonchev–Trinajstić information content (AvgIpc) is 2.93. The summed E-state index contributed by atoms with van der Waals surface area (Å²) in [4.78, 5) is 39.2. The SMILES string of the molecule is CCCCN(CC(N)=O)C(=O)C1CCN(c2ccc(F)cc2)C1=O. The highest BCUT2D eigenvalue weighted by molar-refractivity contribution is 6.10. The van der Waals surface area contributed by atoms with Crippen LogP contribution in [0.5, 0.6) is 0 Å². The van der Waals surface area contributed by atoms with Gasteiger partial charge in [0, 0.05) is 18.8 Å². The van der Waals surface area contributed by atoms with Crippen molar-refractivity contribution in [3.8, 4) is 0 Å². The van der Waals surface area contributed by atoms with E-state index in [9.17, 15) is 18.8 Å². The van der Waals surface area contributed by atoms with Crippen molar-refractivity contribution in [2.45, 2.75) is 26.2 Å². The molecular formula is C17H22FN3O3. The first-order valence-electron chi connectivity index (χ1n) is 8.08. The Bertz CT molecular complexity index is 618. The van der Waals surface area contributed by atoms with Gasteiger partial charge in [-0.1, -0.05) is 13.3 Å². The van der Waals surface area contributed by atoms with E-state index in [0.29, 0.717) is 25.2 Å². The fourth-order valence-corrected chi connectivity index (χ4v) is 2.81. The quantitative estimate of drug-likeness (QED) is 0.762. The molecule has 3 amide bonds. The van der Waals surface area contributed by atoms with Gasteiger partial charge in [-0.25, -0.2) is 4.39 Å². The molecule has 1 heterocycles. The van der Waals surface area contributed by atoms with Gasteiger partial charge in [-0.15, -0.1) is 0 Å². The molecule has 0 aromatic heterocycles. The molecule has 1 aliphatic heterocycles. The summed E-state index contributed by atoms with van der Waals surface area (Å²) in [7, 11) is 0. The first kappa shape index (κ1) is 17.9. The van der Waals surface area contributed by atoms with Crippen molar-refractivity contribution in [3.63, 3.8) is 0 Å². The predicted octanol–water partition coefficient (Wildman–Crippen LogP) is 1.29. The second-order valence-corrected chi connectivity index (χ2v) is 5.89. The maximum atomic E-state index is 13.0. The van der Waals surface area contributed by atoms with Crippen LogP contribution in [0.15, 0.2) is 24.3 Å². The molecule has 0 aliphatic carbocycles. The Kier molecular flexibility index (Phi) is 5.89. The topological polar surface area (TPSA) is 83.7 Å². The van der Waals surface area contributed by atoms with Crippen LogP contribution in [0.4, 0.5) is 10.1 Å². The summed E-state index contributed by atoms with van der Waals surface area (Å²) in [6.45, 7) is 2.58. The van der Waals surface area contributed by atoms with E-state index in [4.69, 9.17) is 5.73 Å². The van der Waals surface area contributed by atoms with E-state index in [0.717, 1.165) is 12.8 Å². The number of nitrogens with zero attached hydrogens (tertiary/aromatic N) is 2. The number of hydrogen-bond donors (Lipinski definition) is 1. The van der Waals surface area contributed by atoms with Gasteiger partial charge < -0.3 is 15.5 Å². The number of benzene rings is 1. The maximum absolute atomic E-state index is 13.0. The number of carbonyl (C=O) groups is 3. The summed E-state index contributed by atoms with van der Waals surface area (Å²) in [6, 6.07) is 5.58. The molecule has 2 rings (SSSR count). The van der Waals surface area contributed by atoms with Crippen molar-refractivity contribution < 1.29 is 18.8 Å². The molecule has 1 aromatic carbocycles. The number of halogens is 1. The lowest BCUT2D eigenvalue weighted by atomic mass is 10.1. The van der Waals surface area contributed by atoms with Gasteiger partial charge >= 0.3 is 0 Å². The Morgan fingerprint density at radius 3 is 2.58 bits per heavy atom. The molecule has 7 heteroatoms. The maximum Gasteiger partial charge on any atom is 0.239 e. The molecule has 1 saturated heterocycles. The monoisotopic (exact) mass is 335 g/mol. The largest absolute Gasteiger partial charge is 0.368 e. The van der Waals surface area contributed by atoms with Crippen molar-refractivity contribution in [1.29, 1.82) is 0 Å². The van der Waals surface area contributed by atoms with E-state index in [1.165, 1.54) is 34.1 Å². The normalized spacial score (nSPS) is 17.2. The fourth-order valence-electron chi connectivity index (χ4n) is 2.81. The van der Waals surface area contributed by atoms with Gasteiger partial charge in [0.05, 0.1) is 6.54 Å². The Balaban J connectivity index is 2.10. The summed E-state index contributed by atoms with van der Waals surface area (Å²) < 4.78 is 13.0. The Hall–Kier alpha value is -2.44. The molecule has 0 bridgehead atoms.